The van der Waals surface area contributed by atoms with Crippen molar-refractivity contribution in [1.29, 1.82) is 0 Å². The summed E-state index contributed by atoms with van der Waals surface area (Å²) in [7, 11) is 0. The van der Waals surface area contributed by atoms with Gasteiger partial charge in [-0.1, -0.05) is 13.0 Å². The van der Waals surface area contributed by atoms with Gasteiger partial charge in [0.15, 0.2) is 17.5 Å². The Morgan fingerprint density at radius 1 is 1.18 bits per heavy atom. The van der Waals surface area contributed by atoms with E-state index in [2.05, 4.69) is 44.2 Å². The first-order valence-corrected chi connectivity index (χ1v) is 9.57. The van der Waals surface area contributed by atoms with E-state index in [1.165, 1.54) is 0 Å². The first kappa shape index (κ1) is 22.3. The number of hydrogen-bond donors (Lipinski definition) is 2. The van der Waals surface area contributed by atoms with Crippen LogP contribution >= 0.6 is 24.0 Å². The van der Waals surface area contributed by atoms with Crippen molar-refractivity contribution in [2.45, 2.75) is 39.8 Å². The van der Waals surface area contributed by atoms with Crippen molar-refractivity contribution in [2.24, 2.45) is 4.99 Å². The Morgan fingerprint density at radius 2 is 2.00 bits per heavy atom. The fourth-order valence-corrected chi connectivity index (χ4v) is 2.85. The van der Waals surface area contributed by atoms with Crippen LogP contribution in [0.3, 0.4) is 0 Å². The normalized spacial score (nSPS) is 13.4. The van der Waals surface area contributed by atoms with Crippen LogP contribution in [-0.4, -0.2) is 47.0 Å². The maximum Gasteiger partial charge on any atom is 0.191 e. The standard InChI is InChI=1S/C19H28N6O2.HI/c1-3-18-24-23-14-25(18)9-8-21-19(20-4-2)22-13-15-6-7-16-17(12-15)27-11-5-10-26-16;/h6-7,12,14H,3-5,8-11,13H2,1-2H3,(H2,20,21,22);1H. The van der Waals surface area contributed by atoms with Gasteiger partial charge in [0.25, 0.3) is 0 Å². The zero-order chi connectivity index (χ0) is 18.9. The number of aromatic nitrogens is 3. The third-order valence-electron chi connectivity index (χ3n) is 4.23. The van der Waals surface area contributed by atoms with Gasteiger partial charge in [-0.3, -0.25) is 0 Å². The topological polar surface area (TPSA) is 85.6 Å². The number of benzene rings is 1. The average molecular weight is 500 g/mol. The van der Waals surface area contributed by atoms with Gasteiger partial charge in [0, 0.05) is 32.5 Å². The lowest BCUT2D eigenvalue weighted by Crippen LogP contribution is -2.38. The Kier molecular flexibility index (Phi) is 9.32. The molecular formula is C19H29IN6O2. The zero-order valence-electron chi connectivity index (χ0n) is 16.5. The molecule has 2 N–H and O–H groups in total. The minimum Gasteiger partial charge on any atom is -0.490 e. The Balaban J connectivity index is 0.00000280. The molecule has 0 unspecified atom stereocenters. The molecule has 0 bridgehead atoms. The van der Waals surface area contributed by atoms with Crippen LogP contribution in [0.1, 0.15) is 31.7 Å². The Bertz CT molecular complexity index is 765. The smallest absolute Gasteiger partial charge is 0.191 e. The summed E-state index contributed by atoms with van der Waals surface area (Å²) in [5.74, 6) is 3.39. The van der Waals surface area contributed by atoms with Crippen LogP contribution in [0.2, 0.25) is 0 Å². The Hall–Kier alpha value is -2.04. The number of halogens is 1. The minimum absolute atomic E-state index is 0. The quantitative estimate of drug-likeness (QED) is 0.345. The number of rotatable bonds is 7. The van der Waals surface area contributed by atoms with Gasteiger partial charge in [-0.15, -0.1) is 34.2 Å². The second-order valence-corrected chi connectivity index (χ2v) is 6.25. The van der Waals surface area contributed by atoms with E-state index in [1.54, 1.807) is 6.33 Å². The van der Waals surface area contributed by atoms with Gasteiger partial charge in [-0.25, -0.2) is 4.99 Å². The molecule has 1 aromatic carbocycles. The highest BCUT2D eigenvalue weighted by atomic mass is 127. The first-order valence-electron chi connectivity index (χ1n) is 9.57. The maximum atomic E-state index is 5.75. The molecule has 1 aromatic heterocycles. The molecule has 28 heavy (non-hydrogen) atoms. The summed E-state index contributed by atoms with van der Waals surface area (Å²) in [5, 5.41) is 14.7. The monoisotopic (exact) mass is 500 g/mol. The van der Waals surface area contributed by atoms with Gasteiger partial charge in [0.05, 0.1) is 19.8 Å². The van der Waals surface area contributed by atoms with Crippen LogP contribution in [0.25, 0.3) is 0 Å². The van der Waals surface area contributed by atoms with E-state index in [-0.39, 0.29) is 24.0 Å². The molecule has 0 spiro atoms. The lowest BCUT2D eigenvalue weighted by Gasteiger charge is -2.13. The summed E-state index contributed by atoms with van der Waals surface area (Å²) in [5.41, 5.74) is 1.09. The molecule has 0 aliphatic carbocycles. The average Bonchev–Trinajstić information content (AvgIpc) is 3.01. The summed E-state index contributed by atoms with van der Waals surface area (Å²) < 4.78 is 13.5. The van der Waals surface area contributed by atoms with Crippen molar-refractivity contribution in [2.75, 3.05) is 26.3 Å². The molecule has 0 saturated heterocycles. The summed E-state index contributed by atoms with van der Waals surface area (Å²) in [4.78, 5) is 4.68. The number of ether oxygens (including phenoxy) is 2. The van der Waals surface area contributed by atoms with E-state index in [4.69, 9.17) is 9.47 Å². The molecule has 2 heterocycles. The number of hydrogen-bond acceptors (Lipinski definition) is 5. The van der Waals surface area contributed by atoms with Crippen molar-refractivity contribution in [3.8, 4) is 11.5 Å². The second-order valence-electron chi connectivity index (χ2n) is 6.25. The van der Waals surface area contributed by atoms with E-state index >= 15 is 0 Å². The third-order valence-corrected chi connectivity index (χ3v) is 4.23. The molecular weight excluding hydrogens is 471 g/mol. The number of nitrogens with zero attached hydrogens (tertiary/aromatic N) is 4. The third kappa shape index (κ3) is 6.25. The van der Waals surface area contributed by atoms with Crippen LogP contribution in [0.5, 0.6) is 11.5 Å². The van der Waals surface area contributed by atoms with Crippen LogP contribution in [-0.2, 0) is 19.5 Å². The van der Waals surface area contributed by atoms with Crippen molar-refractivity contribution < 1.29 is 9.47 Å². The van der Waals surface area contributed by atoms with Crippen LogP contribution < -0.4 is 20.1 Å². The molecule has 1 aliphatic rings. The number of nitrogens with one attached hydrogen (secondary N) is 2. The minimum atomic E-state index is 0. The lowest BCUT2D eigenvalue weighted by atomic mass is 10.2. The van der Waals surface area contributed by atoms with Crippen LogP contribution in [0.4, 0.5) is 0 Å². The molecule has 154 valence electrons. The highest BCUT2D eigenvalue weighted by molar-refractivity contribution is 14.0. The molecule has 8 nitrogen and oxygen atoms in total. The molecule has 0 saturated carbocycles. The van der Waals surface area contributed by atoms with Crippen LogP contribution in [0.15, 0.2) is 29.5 Å². The van der Waals surface area contributed by atoms with Gasteiger partial charge in [-0.2, -0.15) is 0 Å². The van der Waals surface area contributed by atoms with Gasteiger partial charge >= 0.3 is 0 Å². The van der Waals surface area contributed by atoms with E-state index < -0.39 is 0 Å². The van der Waals surface area contributed by atoms with Gasteiger partial charge in [-0.05, 0) is 24.6 Å². The summed E-state index contributed by atoms with van der Waals surface area (Å²) in [6, 6.07) is 6.01. The predicted octanol–water partition coefficient (Wildman–Crippen LogP) is 2.38. The molecule has 0 amide bonds. The maximum absolute atomic E-state index is 5.75. The molecule has 0 atom stereocenters. The van der Waals surface area contributed by atoms with Crippen molar-refractivity contribution >= 4 is 29.9 Å². The second kappa shape index (κ2) is 11.7. The van der Waals surface area contributed by atoms with E-state index in [0.717, 1.165) is 61.3 Å². The predicted molar refractivity (Wildman–Crippen MR) is 120 cm³/mol. The van der Waals surface area contributed by atoms with Crippen molar-refractivity contribution in [1.82, 2.24) is 25.4 Å². The number of aryl methyl sites for hydroxylation is 1. The fourth-order valence-electron chi connectivity index (χ4n) is 2.85. The van der Waals surface area contributed by atoms with E-state index in [9.17, 15) is 0 Å². The van der Waals surface area contributed by atoms with Gasteiger partial charge in [0.2, 0.25) is 0 Å². The molecule has 0 fully saturated rings. The largest absolute Gasteiger partial charge is 0.490 e. The Labute approximate surface area is 183 Å². The fraction of sp³-hybridized carbons (Fsp3) is 0.526. The zero-order valence-corrected chi connectivity index (χ0v) is 18.8. The first-order chi connectivity index (χ1) is 13.3. The molecule has 1 aliphatic heterocycles. The highest BCUT2D eigenvalue weighted by Gasteiger charge is 2.10. The molecule has 0 radical (unpaired) electrons. The summed E-state index contributed by atoms with van der Waals surface area (Å²) in [6.45, 7) is 8.44. The molecule has 2 aromatic rings. The molecule has 3 rings (SSSR count). The SMILES string of the molecule is CCNC(=NCc1ccc2c(c1)OCCCO2)NCCn1cnnc1CC.I. The lowest BCUT2D eigenvalue weighted by molar-refractivity contribution is 0.297. The number of guanidine groups is 1. The summed E-state index contributed by atoms with van der Waals surface area (Å²) >= 11 is 0. The Morgan fingerprint density at radius 3 is 2.79 bits per heavy atom. The number of aliphatic imine (C=N–C) groups is 1. The number of fused-ring (bicyclic) bond motifs is 1. The van der Waals surface area contributed by atoms with E-state index in [0.29, 0.717) is 19.8 Å². The van der Waals surface area contributed by atoms with Gasteiger partial charge in [0.1, 0.15) is 12.2 Å². The van der Waals surface area contributed by atoms with E-state index in [1.807, 2.05) is 18.2 Å². The summed E-state index contributed by atoms with van der Waals surface area (Å²) in [6.07, 6.45) is 3.55. The van der Waals surface area contributed by atoms with Gasteiger partial charge < -0.3 is 24.7 Å². The highest BCUT2D eigenvalue weighted by Crippen LogP contribution is 2.30. The van der Waals surface area contributed by atoms with Crippen molar-refractivity contribution in [3.05, 3.63) is 35.9 Å². The molecule has 9 heteroatoms. The van der Waals surface area contributed by atoms with Crippen molar-refractivity contribution in [3.63, 3.8) is 0 Å². The van der Waals surface area contributed by atoms with Crippen LogP contribution in [0, 0.1) is 0 Å².